The second kappa shape index (κ2) is 8.31. The molecule has 1 aliphatic heterocycles. The van der Waals surface area contributed by atoms with Crippen molar-refractivity contribution in [3.63, 3.8) is 0 Å². The van der Waals surface area contributed by atoms with Gasteiger partial charge in [-0.05, 0) is 38.2 Å². The third-order valence-corrected chi connectivity index (χ3v) is 8.39. The van der Waals surface area contributed by atoms with E-state index in [-0.39, 0.29) is 11.7 Å². The molecule has 0 bridgehead atoms. The SMILES string of the molecule is CCS(=O)(=O)N1CCC(C(=O)N(C)C2CCCCC2)(c2ccccc2)CC1. The van der Waals surface area contributed by atoms with Gasteiger partial charge in [0.05, 0.1) is 11.2 Å². The van der Waals surface area contributed by atoms with Gasteiger partial charge in [-0.3, -0.25) is 4.79 Å². The third-order valence-electron chi connectivity index (χ3n) is 6.51. The molecule has 1 saturated carbocycles. The van der Waals surface area contributed by atoms with Gasteiger partial charge in [0, 0.05) is 26.2 Å². The fraction of sp³-hybridized carbons (Fsp3) is 0.667. The first kappa shape index (κ1) is 20.3. The maximum atomic E-state index is 13.7. The lowest BCUT2D eigenvalue weighted by molar-refractivity contribution is -0.140. The zero-order chi connectivity index (χ0) is 19.5. The van der Waals surface area contributed by atoms with Gasteiger partial charge in [-0.2, -0.15) is 0 Å². The van der Waals surface area contributed by atoms with E-state index in [4.69, 9.17) is 0 Å². The highest BCUT2D eigenvalue weighted by Crippen LogP contribution is 2.39. The summed E-state index contributed by atoms with van der Waals surface area (Å²) < 4.78 is 26.1. The number of nitrogens with zero attached hydrogens (tertiary/aromatic N) is 2. The standard InChI is InChI=1S/C21H32N2O3S/c1-3-27(25,26)23-16-14-21(15-17-23,18-10-6-4-7-11-18)20(24)22(2)19-12-8-5-9-13-19/h4,6-7,10-11,19H,3,5,8-9,12-17H2,1-2H3. The predicted molar refractivity (Wildman–Crippen MR) is 108 cm³/mol. The molecule has 1 aromatic carbocycles. The fourth-order valence-corrected chi connectivity index (χ4v) is 5.79. The van der Waals surface area contributed by atoms with Crippen LogP contribution in [0.5, 0.6) is 0 Å². The van der Waals surface area contributed by atoms with Crippen molar-refractivity contribution in [2.45, 2.75) is 63.3 Å². The van der Waals surface area contributed by atoms with Crippen LogP contribution in [-0.2, 0) is 20.2 Å². The minimum Gasteiger partial charge on any atom is -0.342 e. The number of hydrogen-bond acceptors (Lipinski definition) is 3. The van der Waals surface area contributed by atoms with E-state index in [0.717, 1.165) is 18.4 Å². The maximum absolute atomic E-state index is 13.7. The van der Waals surface area contributed by atoms with Crippen molar-refractivity contribution in [3.05, 3.63) is 35.9 Å². The Bertz CT molecular complexity index is 734. The molecule has 0 radical (unpaired) electrons. The monoisotopic (exact) mass is 392 g/mol. The lowest BCUT2D eigenvalue weighted by Crippen LogP contribution is -2.55. The Morgan fingerprint density at radius 2 is 1.70 bits per heavy atom. The number of likely N-dealkylation sites (N-methyl/N-ethyl adjacent to an activating group) is 1. The van der Waals surface area contributed by atoms with Crippen LogP contribution in [0, 0.1) is 0 Å². The molecule has 2 fully saturated rings. The number of piperidine rings is 1. The molecule has 6 heteroatoms. The molecule has 2 aliphatic rings. The Balaban J connectivity index is 1.87. The smallest absolute Gasteiger partial charge is 0.233 e. The van der Waals surface area contributed by atoms with E-state index in [2.05, 4.69) is 0 Å². The second-order valence-corrected chi connectivity index (χ2v) is 10.2. The molecule has 0 unspecified atom stereocenters. The van der Waals surface area contributed by atoms with Gasteiger partial charge in [-0.15, -0.1) is 0 Å². The zero-order valence-corrected chi connectivity index (χ0v) is 17.4. The minimum atomic E-state index is -3.21. The van der Waals surface area contributed by atoms with Crippen LogP contribution >= 0.6 is 0 Å². The summed E-state index contributed by atoms with van der Waals surface area (Å²) in [6.45, 7) is 2.50. The number of benzene rings is 1. The van der Waals surface area contributed by atoms with Crippen molar-refractivity contribution >= 4 is 15.9 Å². The first-order valence-corrected chi connectivity index (χ1v) is 11.8. The van der Waals surface area contributed by atoms with E-state index in [1.165, 1.54) is 19.3 Å². The largest absolute Gasteiger partial charge is 0.342 e. The molecule has 0 atom stereocenters. The number of amides is 1. The van der Waals surface area contributed by atoms with E-state index in [1.807, 2.05) is 42.3 Å². The van der Waals surface area contributed by atoms with E-state index < -0.39 is 15.4 Å². The molecule has 1 aliphatic carbocycles. The van der Waals surface area contributed by atoms with Gasteiger partial charge in [0.2, 0.25) is 15.9 Å². The first-order valence-electron chi connectivity index (χ1n) is 10.2. The summed E-state index contributed by atoms with van der Waals surface area (Å²) in [7, 11) is -1.27. The Morgan fingerprint density at radius 3 is 2.26 bits per heavy atom. The number of sulfonamides is 1. The van der Waals surface area contributed by atoms with Crippen molar-refractivity contribution in [2.75, 3.05) is 25.9 Å². The Morgan fingerprint density at radius 1 is 1.11 bits per heavy atom. The van der Waals surface area contributed by atoms with Crippen LogP contribution in [0.2, 0.25) is 0 Å². The predicted octanol–water partition coefficient (Wildman–Crippen LogP) is 3.16. The van der Waals surface area contributed by atoms with Crippen LogP contribution in [0.4, 0.5) is 0 Å². The van der Waals surface area contributed by atoms with E-state index in [1.54, 1.807) is 11.2 Å². The van der Waals surface area contributed by atoms with Crippen molar-refractivity contribution < 1.29 is 13.2 Å². The highest BCUT2D eigenvalue weighted by molar-refractivity contribution is 7.89. The lowest BCUT2D eigenvalue weighted by Gasteiger charge is -2.44. The lowest BCUT2D eigenvalue weighted by atomic mass is 9.71. The molecular formula is C21H32N2O3S. The van der Waals surface area contributed by atoms with Crippen LogP contribution in [0.15, 0.2) is 30.3 Å². The quantitative estimate of drug-likeness (QED) is 0.773. The summed E-state index contributed by atoms with van der Waals surface area (Å²) in [5.41, 5.74) is 0.402. The molecule has 3 rings (SSSR count). The Hall–Kier alpha value is -1.40. The molecule has 1 saturated heterocycles. The fourth-order valence-electron chi connectivity index (χ4n) is 4.68. The molecule has 150 valence electrons. The molecule has 1 amide bonds. The zero-order valence-electron chi connectivity index (χ0n) is 16.6. The van der Waals surface area contributed by atoms with Crippen molar-refractivity contribution in [2.24, 2.45) is 0 Å². The summed E-state index contributed by atoms with van der Waals surface area (Å²) in [6, 6.07) is 10.3. The summed E-state index contributed by atoms with van der Waals surface area (Å²) >= 11 is 0. The van der Waals surface area contributed by atoms with Crippen molar-refractivity contribution in [1.82, 2.24) is 9.21 Å². The molecule has 1 aromatic rings. The molecule has 5 nitrogen and oxygen atoms in total. The van der Waals surface area contributed by atoms with Crippen LogP contribution in [0.1, 0.15) is 57.4 Å². The van der Waals surface area contributed by atoms with Gasteiger partial charge >= 0.3 is 0 Å². The van der Waals surface area contributed by atoms with Gasteiger partial charge in [0.1, 0.15) is 0 Å². The third kappa shape index (κ3) is 4.06. The molecule has 0 N–H and O–H groups in total. The molecule has 1 heterocycles. The summed E-state index contributed by atoms with van der Waals surface area (Å²) in [5, 5.41) is 0. The van der Waals surface area contributed by atoms with Crippen molar-refractivity contribution in [1.29, 1.82) is 0 Å². The normalized spacial score (nSPS) is 21.7. The molecular weight excluding hydrogens is 360 g/mol. The topological polar surface area (TPSA) is 57.7 Å². The van der Waals surface area contributed by atoms with Gasteiger partial charge in [0.25, 0.3) is 0 Å². The number of carbonyl (C=O) groups excluding carboxylic acids is 1. The Labute approximate surface area is 163 Å². The van der Waals surface area contributed by atoms with Crippen LogP contribution in [0.25, 0.3) is 0 Å². The van der Waals surface area contributed by atoms with E-state index in [9.17, 15) is 13.2 Å². The van der Waals surface area contributed by atoms with Crippen molar-refractivity contribution in [3.8, 4) is 0 Å². The first-order chi connectivity index (χ1) is 12.9. The van der Waals surface area contributed by atoms with E-state index >= 15 is 0 Å². The second-order valence-electron chi connectivity index (χ2n) is 7.96. The average Bonchev–Trinajstić information content (AvgIpc) is 2.74. The summed E-state index contributed by atoms with van der Waals surface area (Å²) in [6.07, 6.45) is 6.86. The number of carbonyl (C=O) groups is 1. The maximum Gasteiger partial charge on any atom is 0.233 e. The van der Waals surface area contributed by atoms with Gasteiger partial charge in [-0.25, -0.2) is 12.7 Å². The van der Waals surface area contributed by atoms with Crippen LogP contribution in [0.3, 0.4) is 0 Å². The van der Waals surface area contributed by atoms with E-state index in [0.29, 0.717) is 32.0 Å². The van der Waals surface area contributed by atoms with Crippen LogP contribution in [-0.4, -0.2) is 55.5 Å². The summed E-state index contributed by atoms with van der Waals surface area (Å²) in [4.78, 5) is 15.7. The number of hydrogen-bond donors (Lipinski definition) is 0. The Kier molecular flexibility index (Phi) is 6.26. The van der Waals surface area contributed by atoms with Gasteiger partial charge in [-0.1, -0.05) is 49.6 Å². The van der Waals surface area contributed by atoms with Gasteiger partial charge in [0.15, 0.2) is 0 Å². The molecule has 0 spiro atoms. The minimum absolute atomic E-state index is 0.112. The highest BCUT2D eigenvalue weighted by Gasteiger charge is 2.46. The molecule has 27 heavy (non-hydrogen) atoms. The molecule has 0 aromatic heterocycles. The summed E-state index contributed by atoms with van der Waals surface area (Å²) in [5.74, 6) is 0.274. The highest BCUT2D eigenvalue weighted by atomic mass is 32.2. The number of rotatable bonds is 5. The van der Waals surface area contributed by atoms with Gasteiger partial charge < -0.3 is 4.90 Å². The van der Waals surface area contributed by atoms with Crippen LogP contribution < -0.4 is 0 Å². The average molecular weight is 393 g/mol.